The summed E-state index contributed by atoms with van der Waals surface area (Å²) in [5, 5.41) is 8.43. The first-order valence-corrected chi connectivity index (χ1v) is 5.37. The van der Waals surface area contributed by atoms with E-state index in [1.54, 1.807) is 0 Å². The van der Waals surface area contributed by atoms with Crippen molar-refractivity contribution in [3.8, 4) is 0 Å². The van der Waals surface area contributed by atoms with Gasteiger partial charge in [0.15, 0.2) is 0 Å². The first-order valence-electron chi connectivity index (χ1n) is 5.37. The van der Waals surface area contributed by atoms with Crippen molar-refractivity contribution in [1.82, 2.24) is 0 Å². The van der Waals surface area contributed by atoms with E-state index < -0.39 is 5.97 Å². The third kappa shape index (κ3) is 3.66. The fourth-order valence-corrected chi connectivity index (χ4v) is 1.94. The topological polar surface area (TPSA) is 46.5 Å². The Morgan fingerprint density at radius 3 is 2.31 bits per heavy atom. The van der Waals surface area contributed by atoms with E-state index in [2.05, 4.69) is 32.9 Å². The summed E-state index contributed by atoms with van der Waals surface area (Å²) in [6.45, 7) is 6.46. The lowest BCUT2D eigenvalue weighted by Crippen LogP contribution is -2.10. The lowest BCUT2D eigenvalue weighted by molar-refractivity contribution is -0.142. The Morgan fingerprint density at radius 2 is 1.81 bits per heavy atom. The van der Waals surface area contributed by atoms with E-state index in [1.807, 2.05) is 0 Å². The van der Waals surface area contributed by atoms with Crippen LogP contribution in [0.2, 0.25) is 0 Å². The van der Waals surface area contributed by atoms with Gasteiger partial charge < -0.3 is 9.84 Å². The lowest BCUT2D eigenvalue weighted by atomic mass is 9.98. The molecule has 0 aliphatic rings. The fourth-order valence-electron chi connectivity index (χ4n) is 1.94. The van der Waals surface area contributed by atoms with E-state index in [1.165, 1.54) is 22.3 Å². The first kappa shape index (κ1) is 12.7. The highest BCUT2D eigenvalue weighted by Crippen LogP contribution is 2.16. The molecule has 0 aliphatic carbocycles. The Hall–Kier alpha value is -1.35. The number of carboxylic acid groups (broad SMARTS) is 1. The highest BCUT2D eigenvalue weighted by molar-refractivity contribution is 5.67. The summed E-state index contributed by atoms with van der Waals surface area (Å²) in [5.41, 5.74) is 5.01. The molecule has 0 amide bonds. The van der Waals surface area contributed by atoms with Crippen LogP contribution in [0.3, 0.4) is 0 Å². The molecule has 0 saturated heterocycles. The Labute approximate surface area is 96.1 Å². The minimum absolute atomic E-state index is 0.218. The predicted octanol–water partition coefficient (Wildman–Crippen LogP) is 2.26. The summed E-state index contributed by atoms with van der Waals surface area (Å²) in [5.74, 6) is -0.919. The number of benzene rings is 1. The van der Waals surface area contributed by atoms with Crippen LogP contribution in [-0.4, -0.2) is 24.3 Å². The van der Waals surface area contributed by atoms with Crippen molar-refractivity contribution in [3.63, 3.8) is 0 Å². The van der Waals surface area contributed by atoms with Crippen molar-refractivity contribution in [2.45, 2.75) is 27.2 Å². The quantitative estimate of drug-likeness (QED) is 0.777. The first-order chi connectivity index (χ1) is 7.50. The maximum atomic E-state index is 10.3. The van der Waals surface area contributed by atoms with Gasteiger partial charge in [-0.3, -0.25) is 0 Å². The average Bonchev–Trinajstić information content (AvgIpc) is 2.14. The molecule has 0 spiro atoms. The summed E-state index contributed by atoms with van der Waals surface area (Å²) >= 11 is 0. The Morgan fingerprint density at radius 1 is 1.25 bits per heavy atom. The van der Waals surface area contributed by atoms with E-state index in [0.717, 1.165) is 6.42 Å². The van der Waals surface area contributed by atoms with Crippen LogP contribution in [0.15, 0.2) is 12.1 Å². The Bertz CT molecular complexity index is 360. The van der Waals surface area contributed by atoms with Crippen LogP contribution < -0.4 is 0 Å². The third-order valence-electron chi connectivity index (χ3n) is 2.56. The molecule has 0 radical (unpaired) electrons. The van der Waals surface area contributed by atoms with Crippen LogP contribution >= 0.6 is 0 Å². The fraction of sp³-hybridized carbons (Fsp3) is 0.462. The monoisotopic (exact) mass is 222 g/mol. The highest BCUT2D eigenvalue weighted by Gasteiger charge is 2.04. The summed E-state index contributed by atoms with van der Waals surface area (Å²) in [7, 11) is 0. The standard InChI is InChI=1S/C13H18O3/c1-9-6-10(2)12(11(3)7-9)4-5-16-8-13(14)15/h6-7H,4-5,8H2,1-3H3,(H,14,15). The highest BCUT2D eigenvalue weighted by atomic mass is 16.5. The maximum absolute atomic E-state index is 10.3. The maximum Gasteiger partial charge on any atom is 0.329 e. The van der Waals surface area contributed by atoms with Gasteiger partial charge in [-0.15, -0.1) is 0 Å². The zero-order chi connectivity index (χ0) is 12.1. The van der Waals surface area contributed by atoms with Gasteiger partial charge in [-0.1, -0.05) is 17.7 Å². The molecule has 1 N–H and O–H groups in total. The third-order valence-corrected chi connectivity index (χ3v) is 2.56. The molecule has 16 heavy (non-hydrogen) atoms. The van der Waals surface area contributed by atoms with Crippen LogP contribution in [0.25, 0.3) is 0 Å². The van der Waals surface area contributed by atoms with Gasteiger partial charge in [0.1, 0.15) is 6.61 Å². The van der Waals surface area contributed by atoms with Crippen LogP contribution in [0.4, 0.5) is 0 Å². The van der Waals surface area contributed by atoms with Gasteiger partial charge in [0, 0.05) is 0 Å². The van der Waals surface area contributed by atoms with Gasteiger partial charge in [0.05, 0.1) is 6.61 Å². The summed E-state index contributed by atoms with van der Waals surface area (Å²) < 4.78 is 5.04. The molecule has 3 nitrogen and oxygen atoms in total. The number of carbonyl (C=O) groups is 1. The number of ether oxygens (including phenoxy) is 1. The van der Waals surface area contributed by atoms with Crippen molar-refractivity contribution in [1.29, 1.82) is 0 Å². The second kappa shape index (κ2) is 5.66. The molecule has 0 atom stereocenters. The van der Waals surface area contributed by atoms with Gasteiger partial charge in [-0.05, 0) is 43.9 Å². The predicted molar refractivity (Wildman–Crippen MR) is 62.8 cm³/mol. The largest absolute Gasteiger partial charge is 0.480 e. The zero-order valence-corrected chi connectivity index (χ0v) is 10.0. The number of hydrogen-bond donors (Lipinski definition) is 1. The van der Waals surface area contributed by atoms with Gasteiger partial charge in [0.2, 0.25) is 0 Å². The number of rotatable bonds is 5. The van der Waals surface area contributed by atoms with Crippen LogP contribution in [0.5, 0.6) is 0 Å². The molecule has 0 saturated carbocycles. The second-order valence-electron chi connectivity index (χ2n) is 4.07. The number of carboxylic acids is 1. The van der Waals surface area contributed by atoms with E-state index in [-0.39, 0.29) is 6.61 Å². The van der Waals surface area contributed by atoms with Crippen molar-refractivity contribution in [2.24, 2.45) is 0 Å². The van der Waals surface area contributed by atoms with Gasteiger partial charge in [-0.2, -0.15) is 0 Å². The summed E-state index contributed by atoms with van der Waals surface area (Å²) in [6, 6.07) is 4.28. The number of hydrogen-bond acceptors (Lipinski definition) is 2. The molecular formula is C13H18O3. The van der Waals surface area contributed by atoms with Crippen molar-refractivity contribution < 1.29 is 14.6 Å². The Balaban J connectivity index is 2.57. The van der Waals surface area contributed by atoms with Crippen LogP contribution in [-0.2, 0) is 16.0 Å². The number of aliphatic carboxylic acids is 1. The molecule has 0 heterocycles. The average molecular weight is 222 g/mol. The van der Waals surface area contributed by atoms with Crippen LogP contribution in [0, 0.1) is 20.8 Å². The van der Waals surface area contributed by atoms with E-state index in [9.17, 15) is 4.79 Å². The smallest absolute Gasteiger partial charge is 0.329 e. The van der Waals surface area contributed by atoms with Crippen molar-refractivity contribution >= 4 is 5.97 Å². The Kier molecular flexibility index (Phi) is 4.50. The molecule has 1 aromatic carbocycles. The summed E-state index contributed by atoms with van der Waals surface area (Å²) in [6.07, 6.45) is 0.769. The normalized spacial score (nSPS) is 10.4. The van der Waals surface area contributed by atoms with E-state index in [4.69, 9.17) is 9.84 Å². The molecule has 1 aromatic rings. The van der Waals surface area contributed by atoms with Crippen LogP contribution in [0.1, 0.15) is 22.3 Å². The van der Waals surface area contributed by atoms with E-state index >= 15 is 0 Å². The molecule has 3 heteroatoms. The van der Waals surface area contributed by atoms with Gasteiger partial charge >= 0.3 is 5.97 Å². The minimum atomic E-state index is -0.919. The molecule has 0 fully saturated rings. The van der Waals surface area contributed by atoms with Gasteiger partial charge in [0.25, 0.3) is 0 Å². The molecular weight excluding hydrogens is 204 g/mol. The van der Waals surface area contributed by atoms with Gasteiger partial charge in [-0.25, -0.2) is 4.79 Å². The molecule has 88 valence electrons. The molecule has 0 unspecified atom stereocenters. The second-order valence-corrected chi connectivity index (χ2v) is 4.07. The molecule has 0 aromatic heterocycles. The lowest BCUT2D eigenvalue weighted by Gasteiger charge is -2.11. The van der Waals surface area contributed by atoms with Crippen molar-refractivity contribution in [3.05, 3.63) is 34.4 Å². The number of aryl methyl sites for hydroxylation is 3. The zero-order valence-electron chi connectivity index (χ0n) is 10.0. The summed E-state index contributed by atoms with van der Waals surface area (Å²) in [4.78, 5) is 10.3. The SMILES string of the molecule is Cc1cc(C)c(CCOCC(=O)O)c(C)c1. The minimum Gasteiger partial charge on any atom is -0.480 e. The molecule has 0 bridgehead atoms. The van der Waals surface area contributed by atoms with Crippen molar-refractivity contribution in [2.75, 3.05) is 13.2 Å². The molecule has 1 rings (SSSR count). The molecule has 0 aliphatic heterocycles. The van der Waals surface area contributed by atoms with E-state index in [0.29, 0.717) is 6.61 Å².